The second-order valence-corrected chi connectivity index (χ2v) is 3.17. The van der Waals surface area contributed by atoms with Crippen molar-refractivity contribution in [3.05, 3.63) is 54.1 Å². The summed E-state index contributed by atoms with van der Waals surface area (Å²) < 4.78 is 0. The van der Waals surface area contributed by atoms with E-state index in [1.807, 2.05) is 24.4 Å². The number of imidazole rings is 1. The normalized spacial score (nSPS) is 12.6. The van der Waals surface area contributed by atoms with E-state index >= 15 is 0 Å². The van der Waals surface area contributed by atoms with Crippen LogP contribution in [-0.2, 0) is 0 Å². The minimum Gasteiger partial charge on any atom is -0.348 e. The number of H-pyrrole nitrogens is 1. The number of hydrogen-bond acceptors (Lipinski definition) is 2. The molecule has 0 unspecified atom stereocenters. The predicted molar refractivity (Wildman–Crippen MR) is 55.9 cm³/mol. The number of nitrogens with two attached hydrogens (primary N) is 1. The third kappa shape index (κ3) is 1.67. The standard InChI is InChI=1S/C11H13N3/c12-8-10(11-13-6-7-14-11)9-4-2-1-3-5-9/h1-7,10H,8,12H2,(H,13,14)/t10-/m1/s1. The van der Waals surface area contributed by atoms with Crippen LogP contribution >= 0.6 is 0 Å². The quantitative estimate of drug-likeness (QED) is 0.765. The van der Waals surface area contributed by atoms with Crippen molar-refractivity contribution in [2.24, 2.45) is 5.73 Å². The Bertz CT molecular complexity index is 367. The van der Waals surface area contributed by atoms with Gasteiger partial charge in [-0.3, -0.25) is 0 Å². The third-order valence-electron chi connectivity index (χ3n) is 2.29. The Labute approximate surface area is 83.0 Å². The molecule has 2 aromatic rings. The molecular formula is C11H13N3. The maximum Gasteiger partial charge on any atom is 0.114 e. The zero-order valence-electron chi connectivity index (χ0n) is 7.85. The SMILES string of the molecule is NC[C@H](c1ccccc1)c1ncc[nH]1. The number of aromatic amines is 1. The molecule has 3 heteroatoms. The van der Waals surface area contributed by atoms with E-state index in [1.165, 1.54) is 5.56 Å². The van der Waals surface area contributed by atoms with Gasteiger partial charge in [0, 0.05) is 18.9 Å². The molecule has 0 radical (unpaired) electrons. The number of hydrogen-bond donors (Lipinski definition) is 2. The summed E-state index contributed by atoms with van der Waals surface area (Å²) in [6.07, 6.45) is 3.57. The lowest BCUT2D eigenvalue weighted by molar-refractivity contribution is 0.765. The van der Waals surface area contributed by atoms with Gasteiger partial charge in [-0.05, 0) is 5.56 Å². The molecule has 14 heavy (non-hydrogen) atoms. The Balaban J connectivity index is 2.31. The maximum atomic E-state index is 5.74. The van der Waals surface area contributed by atoms with E-state index in [0.717, 1.165) is 5.82 Å². The second-order valence-electron chi connectivity index (χ2n) is 3.17. The summed E-state index contributed by atoms with van der Waals surface area (Å²) >= 11 is 0. The molecule has 3 N–H and O–H groups in total. The van der Waals surface area contributed by atoms with Crippen molar-refractivity contribution >= 4 is 0 Å². The van der Waals surface area contributed by atoms with Crippen LogP contribution in [0.1, 0.15) is 17.3 Å². The van der Waals surface area contributed by atoms with E-state index in [4.69, 9.17) is 5.73 Å². The van der Waals surface area contributed by atoms with Gasteiger partial charge in [-0.15, -0.1) is 0 Å². The van der Waals surface area contributed by atoms with E-state index < -0.39 is 0 Å². The highest BCUT2D eigenvalue weighted by molar-refractivity contribution is 5.25. The van der Waals surface area contributed by atoms with E-state index in [2.05, 4.69) is 22.1 Å². The summed E-state index contributed by atoms with van der Waals surface area (Å²) in [7, 11) is 0. The number of benzene rings is 1. The molecule has 2 rings (SSSR count). The number of nitrogens with one attached hydrogen (secondary N) is 1. The molecule has 0 spiro atoms. The van der Waals surface area contributed by atoms with Gasteiger partial charge in [-0.1, -0.05) is 30.3 Å². The second kappa shape index (κ2) is 4.07. The van der Waals surface area contributed by atoms with Crippen LogP contribution in [0.4, 0.5) is 0 Å². The van der Waals surface area contributed by atoms with E-state index in [9.17, 15) is 0 Å². The van der Waals surface area contributed by atoms with Crippen LogP contribution in [-0.4, -0.2) is 16.5 Å². The molecule has 72 valence electrons. The van der Waals surface area contributed by atoms with E-state index in [-0.39, 0.29) is 5.92 Å². The first-order valence-corrected chi connectivity index (χ1v) is 4.66. The van der Waals surface area contributed by atoms with Crippen molar-refractivity contribution in [1.82, 2.24) is 9.97 Å². The van der Waals surface area contributed by atoms with Crippen molar-refractivity contribution in [1.29, 1.82) is 0 Å². The Morgan fingerprint density at radius 2 is 2.07 bits per heavy atom. The molecular weight excluding hydrogens is 174 g/mol. The van der Waals surface area contributed by atoms with Gasteiger partial charge in [-0.2, -0.15) is 0 Å². The highest BCUT2D eigenvalue weighted by Crippen LogP contribution is 2.19. The summed E-state index contributed by atoms with van der Waals surface area (Å²) in [6, 6.07) is 10.2. The molecule has 1 aromatic heterocycles. The number of aromatic nitrogens is 2. The van der Waals surface area contributed by atoms with Crippen molar-refractivity contribution < 1.29 is 0 Å². The minimum atomic E-state index is 0.172. The molecule has 0 amide bonds. The van der Waals surface area contributed by atoms with Crippen LogP contribution < -0.4 is 5.73 Å². The van der Waals surface area contributed by atoms with Crippen molar-refractivity contribution in [2.45, 2.75) is 5.92 Å². The molecule has 1 atom stereocenters. The maximum absolute atomic E-state index is 5.74. The first kappa shape index (κ1) is 8.97. The summed E-state index contributed by atoms with van der Waals surface area (Å²) in [5, 5.41) is 0. The Kier molecular flexibility index (Phi) is 2.60. The molecule has 0 aliphatic carbocycles. The average Bonchev–Trinajstić information content (AvgIpc) is 2.74. The Hall–Kier alpha value is -1.61. The highest BCUT2D eigenvalue weighted by atomic mass is 14.9. The molecule has 1 aromatic carbocycles. The molecule has 0 aliphatic rings. The van der Waals surface area contributed by atoms with Gasteiger partial charge < -0.3 is 10.7 Å². The molecule has 1 heterocycles. The highest BCUT2D eigenvalue weighted by Gasteiger charge is 2.13. The van der Waals surface area contributed by atoms with Gasteiger partial charge in [0.15, 0.2) is 0 Å². The molecule has 0 bridgehead atoms. The molecule has 0 saturated carbocycles. The number of rotatable bonds is 3. The summed E-state index contributed by atoms with van der Waals surface area (Å²) in [5.74, 6) is 1.10. The molecule has 0 fully saturated rings. The molecule has 3 nitrogen and oxygen atoms in total. The van der Waals surface area contributed by atoms with E-state index in [1.54, 1.807) is 6.20 Å². The fourth-order valence-corrected chi connectivity index (χ4v) is 1.56. The first-order chi connectivity index (χ1) is 6.92. The first-order valence-electron chi connectivity index (χ1n) is 4.66. The summed E-state index contributed by atoms with van der Waals surface area (Å²) in [6.45, 7) is 0.567. The van der Waals surface area contributed by atoms with Crippen LogP contribution in [0.2, 0.25) is 0 Å². The predicted octanol–water partition coefficient (Wildman–Crippen LogP) is 1.50. The lowest BCUT2D eigenvalue weighted by atomic mass is 9.99. The van der Waals surface area contributed by atoms with Gasteiger partial charge in [-0.25, -0.2) is 4.98 Å². The van der Waals surface area contributed by atoms with Crippen molar-refractivity contribution in [2.75, 3.05) is 6.54 Å². The van der Waals surface area contributed by atoms with Crippen molar-refractivity contribution in [3.63, 3.8) is 0 Å². The fourth-order valence-electron chi connectivity index (χ4n) is 1.56. The molecule has 0 aliphatic heterocycles. The monoisotopic (exact) mass is 187 g/mol. The van der Waals surface area contributed by atoms with Crippen LogP contribution in [0, 0.1) is 0 Å². The smallest absolute Gasteiger partial charge is 0.114 e. The largest absolute Gasteiger partial charge is 0.348 e. The topological polar surface area (TPSA) is 54.7 Å². The van der Waals surface area contributed by atoms with Crippen LogP contribution in [0.3, 0.4) is 0 Å². The summed E-state index contributed by atoms with van der Waals surface area (Å²) in [5.41, 5.74) is 6.94. The zero-order valence-corrected chi connectivity index (χ0v) is 7.85. The summed E-state index contributed by atoms with van der Waals surface area (Å²) in [4.78, 5) is 7.32. The van der Waals surface area contributed by atoms with Crippen LogP contribution in [0.15, 0.2) is 42.7 Å². The third-order valence-corrected chi connectivity index (χ3v) is 2.29. The lowest BCUT2D eigenvalue weighted by Gasteiger charge is -2.11. The van der Waals surface area contributed by atoms with Gasteiger partial charge in [0.25, 0.3) is 0 Å². The van der Waals surface area contributed by atoms with Gasteiger partial charge in [0.05, 0.1) is 5.92 Å². The lowest BCUT2D eigenvalue weighted by Crippen LogP contribution is -2.15. The van der Waals surface area contributed by atoms with Gasteiger partial charge >= 0.3 is 0 Å². The van der Waals surface area contributed by atoms with Crippen LogP contribution in [0.25, 0.3) is 0 Å². The molecule has 0 saturated heterocycles. The van der Waals surface area contributed by atoms with Crippen LogP contribution in [0.5, 0.6) is 0 Å². The van der Waals surface area contributed by atoms with Crippen molar-refractivity contribution in [3.8, 4) is 0 Å². The Morgan fingerprint density at radius 1 is 1.29 bits per heavy atom. The van der Waals surface area contributed by atoms with Gasteiger partial charge in [0.1, 0.15) is 5.82 Å². The Morgan fingerprint density at radius 3 is 2.64 bits per heavy atom. The zero-order chi connectivity index (χ0) is 9.80. The van der Waals surface area contributed by atoms with Gasteiger partial charge in [0.2, 0.25) is 0 Å². The average molecular weight is 187 g/mol. The minimum absolute atomic E-state index is 0.172. The fraction of sp³-hybridized carbons (Fsp3) is 0.182. The van der Waals surface area contributed by atoms with E-state index in [0.29, 0.717) is 6.54 Å². The number of nitrogens with zero attached hydrogens (tertiary/aromatic N) is 1.